The molecule has 0 heterocycles. The van der Waals surface area contributed by atoms with Crippen molar-refractivity contribution >= 4 is 268 Å². The van der Waals surface area contributed by atoms with Crippen LogP contribution in [0.3, 0.4) is 0 Å². The van der Waals surface area contributed by atoms with Crippen LogP contribution >= 0.6 is 0 Å². The normalized spacial score (nSPS) is 9.67. The molecule has 0 aromatic carbocycles. The Labute approximate surface area is 401 Å². The van der Waals surface area contributed by atoms with Gasteiger partial charge in [0.2, 0.25) is 0 Å². The summed E-state index contributed by atoms with van der Waals surface area (Å²) in [6.07, 6.45) is 0. The summed E-state index contributed by atoms with van der Waals surface area (Å²) in [5, 5.41) is 0. The van der Waals surface area contributed by atoms with Crippen LogP contribution < -0.4 is 0 Å². The standard InChI is InChI=1S/8Mg.8H2O4S/c;;;;;;;;8*1-5(2,3)4/h;;;;;;;;8*(H2,1,2,3,4)/q8*+2;;;;;;;;/p-16. The molecule has 0 saturated carbocycles. The van der Waals surface area contributed by atoms with Gasteiger partial charge < -0.3 is 72.8 Å². The second kappa shape index (κ2) is 48.2. The molecule has 0 spiro atoms. The molecule has 0 rings (SSSR count). The number of hydrogen-bond donors (Lipinski definition) is 0. The summed E-state index contributed by atoms with van der Waals surface area (Å²) in [7, 11) is -41.3. The summed E-state index contributed by atoms with van der Waals surface area (Å²) in [4.78, 5) is 0. The van der Waals surface area contributed by atoms with Crippen molar-refractivity contribution in [3.05, 3.63) is 0 Å². The predicted octanol–water partition coefficient (Wildman–Crippen LogP) is -13.8. The average Bonchev–Trinajstić information content (AvgIpc) is 2.16. The molecule has 48 heavy (non-hydrogen) atoms. The summed E-state index contributed by atoms with van der Waals surface area (Å²) in [6, 6.07) is 0. The first-order valence-corrected chi connectivity index (χ1v) is 16.0. The Bertz CT molecular complexity index is 1090. The monoisotopic (exact) mass is 959 g/mol. The average molecular weight is 963 g/mol. The third kappa shape index (κ3) is 4950. The first-order valence-electron chi connectivity index (χ1n) is 5.33. The van der Waals surface area contributed by atoms with Gasteiger partial charge in [0.15, 0.2) is 0 Å². The van der Waals surface area contributed by atoms with Crippen LogP contribution in [0.4, 0.5) is 0 Å². The second-order valence-corrected chi connectivity index (χ2v) is 9.80. The maximum atomic E-state index is 8.52. The van der Waals surface area contributed by atoms with Crippen LogP contribution in [0, 0.1) is 0 Å². The first-order chi connectivity index (χ1) is 16.0. The van der Waals surface area contributed by atoms with Gasteiger partial charge in [0, 0.05) is 83.2 Å². The van der Waals surface area contributed by atoms with Gasteiger partial charge in [0.25, 0.3) is 0 Å². The second-order valence-electron chi connectivity index (χ2n) is 3.27. The van der Waals surface area contributed by atoms with Crippen LogP contribution in [0.25, 0.3) is 0 Å². The van der Waals surface area contributed by atoms with E-state index in [2.05, 4.69) is 0 Å². The van der Waals surface area contributed by atoms with E-state index >= 15 is 0 Å². The minimum atomic E-state index is -5.17. The van der Waals surface area contributed by atoms with E-state index in [0.717, 1.165) is 0 Å². The molecule has 0 aliphatic carbocycles. The Balaban J connectivity index is -0.0000000170. The molecule has 0 aliphatic heterocycles. The molecule has 0 N–H and O–H groups in total. The Morgan fingerprint density at radius 3 is 0.146 bits per heavy atom. The van der Waals surface area contributed by atoms with Crippen LogP contribution in [0.2, 0.25) is 0 Å². The minimum absolute atomic E-state index is 0. The Morgan fingerprint density at radius 2 is 0.146 bits per heavy atom. The van der Waals surface area contributed by atoms with E-state index in [4.69, 9.17) is 140 Å². The number of rotatable bonds is 0. The molecule has 0 fully saturated rings. The van der Waals surface area contributed by atoms with Crippen LogP contribution in [0.5, 0.6) is 0 Å². The zero-order valence-corrected chi connectivity index (χ0v) is 39.8. The van der Waals surface area contributed by atoms with Crippen molar-refractivity contribution in [3.8, 4) is 0 Å². The van der Waals surface area contributed by atoms with Gasteiger partial charge in [-0.3, -0.25) is 67.3 Å². The molecule has 0 amide bonds. The molecule has 0 aromatic rings. The molecule has 0 aliphatic rings. The molecule has 48 heteroatoms. The molecule has 256 valence electrons. The molecule has 0 unspecified atom stereocenters. The van der Waals surface area contributed by atoms with Crippen molar-refractivity contribution < 1.29 is 140 Å². The number of hydrogen-bond acceptors (Lipinski definition) is 32. The summed E-state index contributed by atoms with van der Waals surface area (Å²) < 4.78 is 273. The SMILES string of the molecule is O=S(=O)([O-])[O-].O=S(=O)([O-])[O-].O=S(=O)([O-])[O-].O=S(=O)([O-])[O-].O=S(=O)([O-])[O-].O=S(=O)([O-])[O-].O=S(=O)([O-])[O-].O=S(=O)([O-])[O-].[Mg+2].[Mg+2].[Mg+2].[Mg+2].[Mg+2].[Mg+2].[Mg+2].[Mg+2]. The van der Waals surface area contributed by atoms with Crippen LogP contribution in [0.1, 0.15) is 0 Å². The van der Waals surface area contributed by atoms with E-state index < -0.39 is 83.2 Å². The minimum Gasteiger partial charge on any atom is -0.759 e. The Kier molecular flexibility index (Phi) is 105. The Hall–Kier alpha value is 5.09. The van der Waals surface area contributed by atoms with Gasteiger partial charge in [0.05, 0.1) is 0 Å². The van der Waals surface area contributed by atoms with E-state index in [-0.39, 0.29) is 184 Å². The predicted molar refractivity (Wildman–Crippen MR) is 130 cm³/mol. The van der Waals surface area contributed by atoms with Gasteiger partial charge in [-0.2, -0.15) is 0 Å². The fourth-order valence-corrected chi connectivity index (χ4v) is 0. The van der Waals surface area contributed by atoms with Crippen LogP contribution in [0.15, 0.2) is 0 Å². The quantitative estimate of drug-likeness (QED) is 0.124. The van der Waals surface area contributed by atoms with E-state index in [1.54, 1.807) is 0 Å². The Morgan fingerprint density at radius 1 is 0.146 bits per heavy atom. The fraction of sp³-hybridized carbons (Fsp3) is 0. The topological polar surface area (TPSA) is 642 Å². The summed E-state index contributed by atoms with van der Waals surface area (Å²) >= 11 is 0. The third-order valence-corrected chi connectivity index (χ3v) is 0. The zero-order valence-electron chi connectivity index (χ0n) is 22.0. The molecule has 0 saturated heterocycles. The van der Waals surface area contributed by atoms with E-state index in [1.165, 1.54) is 0 Å². The first kappa shape index (κ1) is 105. The van der Waals surface area contributed by atoms with Crippen molar-refractivity contribution in [2.75, 3.05) is 0 Å². The van der Waals surface area contributed by atoms with E-state index in [1.807, 2.05) is 0 Å². The van der Waals surface area contributed by atoms with Gasteiger partial charge in [-0.15, -0.1) is 0 Å². The largest absolute Gasteiger partial charge is 2.00 e. The molecule has 0 aromatic heterocycles. The van der Waals surface area contributed by atoms with Gasteiger partial charge in [-0.1, -0.05) is 0 Å². The smallest absolute Gasteiger partial charge is 0.759 e. The van der Waals surface area contributed by atoms with Gasteiger partial charge in [0.1, 0.15) is 0 Å². The van der Waals surface area contributed by atoms with Crippen molar-refractivity contribution in [3.63, 3.8) is 0 Å². The molecule has 32 nitrogen and oxygen atoms in total. The molecular weight excluding hydrogens is 963 g/mol. The molecular formula is Mg8O32S8. The summed E-state index contributed by atoms with van der Waals surface area (Å²) in [5.41, 5.74) is 0. The zero-order chi connectivity index (χ0) is 36.0. The maximum Gasteiger partial charge on any atom is 2.00 e. The van der Waals surface area contributed by atoms with Gasteiger partial charge in [-0.25, -0.2) is 0 Å². The summed E-state index contributed by atoms with van der Waals surface area (Å²) in [5.74, 6) is 0. The molecule has 0 bridgehead atoms. The molecule has 0 atom stereocenters. The van der Waals surface area contributed by atoms with Crippen LogP contribution in [-0.4, -0.2) is 325 Å². The van der Waals surface area contributed by atoms with Crippen LogP contribution in [-0.2, 0) is 83.2 Å². The fourth-order valence-electron chi connectivity index (χ4n) is 0. The van der Waals surface area contributed by atoms with Crippen molar-refractivity contribution in [2.24, 2.45) is 0 Å². The van der Waals surface area contributed by atoms with Gasteiger partial charge >= 0.3 is 184 Å². The van der Waals surface area contributed by atoms with Crippen molar-refractivity contribution in [1.29, 1.82) is 0 Å². The third-order valence-electron chi connectivity index (χ3n) is 0. The van der Waals surface area contributed by atoms with Crippen molar-refractivity contribution in [1.82, 2.24) is 0 Å². The van der Waals surface area contributed by atoms with Gasteiger partial charge in [-0.05, 0) is 0 Å². The molecule has 0 radical (unpaired) electrons. The summed E-state index contributed by atoms with van der Waals surface area (Å²) in [6.45, 7) is 0. The van der Waals surface area contributed by atoms with E-state index in [9.17, 15) is 0 Å². The van der Waals surface area contributed by atoms with E-state index in [0.29, 0.717) is 0 Å². The maximum absolute atomic E-state index is 8.52. The van der Waals surface area contributed by atoms with Crippen molar-refractivity contribution in [2.45, 2.75) is 0 Å².